The molecule has 24 heavy (non-hydrogen) atoms. The summed E-state index contributed by atoms with van der Waals surface area (Å²) in [6.45, 7) is 2.60. The molecule has 0 bridgehead atoms. The van der Waals surface area contributed by atoms with Gasteiger partial charge in [-0.05, 0) is 44.0 Å². The average molecular weight is 327 g/mol. The number of anilines is 2. The van der Waals surface area contributed by atoms with E-state index < -0.39 is 0 Å². The van der Waals surface area contributed by atoms with Gasteiger partial charge in [-0.15, -0.1) is 0 Å². The van der Waals surface area contributed by atoms with Gasteiger partial charge in [-0.3, -0.25) is 9.89 Å². The smallest absolute Gasteiger partial charge is 0.319 e. The molecule has 7 nitrogen and oxygen atoms in total. The molecule has 3 amide bonds. The van der Waals surface area contributed by atoms with Crippen LogP contribution in [0.4, 0.5) is 16.2 Å². The van der Waals surface area contributed by atoms with Gasteiger partial charge in [-0.2, -0.15) is 5.10 Å². The third-order valence-electron chi connectivity index (χ3n) is 4.08. The van der Waals surface area contributed by atoms with Crippen LogP contribution in [0.15, 0.2) is 36.5 Å². The molecule has 1 aliphatic rings. The zero-order valence-corrected chi connectivity index (χ0v) is 13.6. The van der Waals surface area contributed by atoms with Crippen LogP contribution in [0.25, 0.3) is 0 Å². The molecule has 3 rings (SSSR count). The lowest BCUT2D eigenvalue weighted by Crippen LogP contribution is -2.35. The summed E-state index contributed by atoms with van der Waals surface area (Å²) in [5, 5.41) is 12.3. The summed E-state index contributed by atoms with van der Waals surface area (Å²) in [5.74, 6) is 0.135. The van der Waals surface area contributed by atoms with Gasteiger partial charge >= 0.3 is 6.03 Å². The minimum Gasteiger partial charge on any atom is -0.330 e. The van der Waals surface area contributed by atoms with Crippen LogP contribution in [0, 0.1) is 0 Å². The van der Waals surface area contributed by atoms with Crippen LogP contribution in [0.1, 0.15) is 37.9 Å². The number of H-pyrrole nitrogens is 1. The predicted molar refractivity (Wildman–Crippen MR) is 91.8 cm³/mol. The molecule has 2 heterocycles. The van der Waals surface area contributed by atoms with Gasteiger partial charge < -0.3 is 15.5 Å². The van der Waals surface area contributed by atoms with Crippen LogP contribution in [0.2, 0.25) is 0 Å². The number of amides is 3. The van der Waals surface area contributed by atoms with Crippen molar-refractivity contribution in [3.8, 4) is 0 Å². The second-order valence-corrected chi connectivity index (χ2v) is 5.88. The highest BCUT2D eigenvalue weighted by molar-refractivity contribution is 5.95. The van der Waals surface area contributed by atoms with E-state index in [1.54, 1.807) is 17.2 Å². The van der Waals surface area contributed by atoms with Gasteiger partial charge in [-0.25, -0.2) is 4.79 Å². The molecule has 7 heteroatoms. The quantitative estimate of drug-likeness (QED) is 0.806. The maximum atomic E-state index is 12.1. The first kappa shape index (κ1) is 16.0. The Labute approximate surface area is 140 Å². The van der Waals surface area contributed by atoms with Crippen LogP contribution in [-0.2, 0) is 4.79 Å². The number of hydrogen-bond acceptors (Lipinski definition) is 3. The Kier molecular flexibility index (Phi) is 4.79. The molecule has 0 spiro atoms. The lowest BCUT2D eigenvalue weighted by molar-refractivity contribution is -0.119. The van der Waals surface area contributed by atoms with Crippen molar-refractivity contribution < 1.29 is 9.59 Å². The number of carbonyl (C=O) groups excluding carboxylic acids is 2. The van der Waals surface area contributed by atoms with E-state index in [-0.39, 0.29) is 18.0 Å². The fourth-order valence-corrected chi connectivity index (χ4v) is 2.78. The number of piperidine rings is 1. The first-order valence-corrected chi connectivity index (χ1v) is 8.11. The number of aromatic nitrogens is 2. The number of hydrogen-bond donors (Lipinski definition) is 3. The molecule has 1 aromatic carbocycles. The Hall–Kier alpha value is -2.83. The molecule has 0 radical (unpaired) electrons. The first-order chi connectivity index (χ1) is 11.6. The lowest BCUT2D eigenvalue weighted by Gasteiger charge is -2.27. The zero-order valence-electron chi connectivity index (χ0n) is 13.6. The van der Waals surface area contributed by atoms with Gasteiger partial charge in [-0.1, -0.05) is 6.07 Å². The topological polar surface area (TPSA) is 90.1 Å². The van der Waals surface area contributed by atoms with Crippen molar-refractivity contribution in [2.45, 2.75) is 32.2 Å². The van der Waals surface area contributed by atoms with Crippen LogP contribution in [0.3, 0.4) is 0 Å². The zero-order chi connectivity index (χ0) is 16.9. The van der Waals surface area contributed by atoms with Crippen molar-refractivity contribution in [2.24, 2.45) is 0 Å². The second kappa shape index (κ2) is 7.16. The highest BCUT2D eigenvalue weighted by Gasteiger charge is 2.20. The van der Waals surface area contributed by atoms with Crippen LogP contribution in [0.5, 0.6) is 0 Å². The Morgan fingerprint density at radius 2 is 2.21 bits per heavy atom. The fourth-order valence-electron chi connectivity index (χ4n) is 2.78. The van der Waals surface area contributed by atoms with E-state index in [4.69, 9.17) is 0 Å². The first-order valence-electron chi connectivity index (χ1n) is 8.11. The van der Waals surface area contributed by atoms with E-state index in [2.05, 4.69) is 20.8 Å². The van der Waals surface area contributed by atoms with Crippen molar-refractivity contribution in [3.05, 3.63) is 42.2 Å². The van der Waals surface area contributed by atoms with Crippen LogP contribution < -0.4 is 15.5 Å². The highest BCUT2D eigenvalue weighted by Crippen LogP contribution is 2.24. The number of nitrogens with zero attached hydrogens (tertiary/aromatic N) is 2. The van der Waals surface area contributed by atoms with Gasteiger partial charge in [0.15, 0.2) is 0 Å². The Bertz CT molecular complexity index is 714. The Balaban J connectivity index is 1.63. The number of benzene rings is 1. The largest absolute Gasteiger partial charge is 0.330 e. The lowest BCUT2D eigenvalue weighted by atomic mass is 10.1. The summed E-state index contributed by atoms with van der Waals surface area (Å²) in [4.78, 5) is 25.9. The predicted octanol–water partition coefficient (Wildman–Crippen LogP) is 2.81. The molecule has 1 fully saturated rings. The number of rotatable bonds is 4. The van der Waals surface area contributed by atoms with E-state index in [1.165, 1.54) is 0 Å². The minimum absolute atomic E-state index is 0.135. The molecule has 2 aromatic rings. The summed E-state index contributed by atoms with van der Waals surface area (Å²) in [6, 6.07) is 8.68. The molecule has 0 saturated carbocycles. The fraction of sp³-hybridized carbons (Fsp3) is 0.353. The van der Waals surface area contributed by atoms with Crippen molar-refractivity contribution in [3.63, 3.8) is 0 Å². The van der Waals surface area contributed by atoms with Gasteiger partial charge in [0, 0.05) is 30.5 Å². The van der Waals surface area contributed by atoms with Gasteiger partial charge in [0.2, 0.25) is 5.91 Å². The van der Waals surface area contributed by atoms with E-state index in [9.17, 15) is 9.59 Å². The number of nitrogens with one attached hydrogen (secondary N) is 3. The van der Waals surface area contributed by atoms with E-state index in [1.807, 2.05) is 31.2 Å². The number of aromatic amines is 1. The molecular weight excluding hydrogens is 306 g/mol. The van der Waals surface area contributed by atoms with Crippen LogP contribution in [-0.4, -0.2) is 28.7 Å². The van der Waals surface area contributed by atoms with E-state index >= 15 is 0 Å². The third kappa shape index (κ3) is 3.73. The van der Waals surface area contributed by atoms with Gasteiger partial charge in [0.1, 0.15) is 0 Å². The molecule has 1 atom stereocenters. The molecule has 1 aliphatic heterocycles. The van der Waals surface area contributed by atoms with Crippen LogP contribution >= 0.6 is 0 Å². The van der Waals surface area contributed by atoms with Crippen molar-refractivity contribution in [1.82, 2.24) is 15.5 Å². The SMILES string of the molecule is CC(NC(=O)Nc1cccc(N2CCCCC2=O)c1)c1ccn[nH]1. The molecule has 1 aromatic heterocycles. The molecule has 3 N–H and O–H groups in total. The molecule has 1 saturated heterocycles. The standard InChI is InChI=1S/C17H21N5O2/c1-12(15-8-9-18-21-15)19-17(24)20-13-5-4-6-14(11-13)22-10-3-2-7-16(22)23/h4-6,8-9,11-12H,2-3,7,10H2,1H3,(H,18,21)(H2,19,20,24). The van der Waals surface area contributed by atoms with Gasteiger partial charge in [0.25, 0.3) is 0 Å². The third-order valence-corrected chi connectivity index (χ3v) is 4.08. The average Bonchev–Trinajstić information content (AvgIpc) is 3.10. The van der Waals surface area contributed by atoms with Crippen molar-refractivity contribution >= 4 is 23.3 Å². The molecule has 0 aliphatic carbocycles. The highest BCUT2D eigenvalue weighted by atomic mass is 16.2. The van der Waals surface area contributed by atoms with Crippen molar-refractivity contribution in [1.29, 1.82) is 0 Å². The summed E-state index contributed by atoms with van der Waals surface area (Å²) < 4.78 is 0. The number of carbonyl (C=O) groups is 2. The second-order valence-electron chi connectivity index (χ2n) is 5.88. The normalized spacial score (nSPS) is 15.9. The summed E-state index contributed by atoms with van der Waals surface area (Å²) in [5.41, 5.74) is 2.30. The van der Waals surface area contributed by atoms with Crippen molar-refractivity contribution in [2.75, 3.05) is 16.8 Å². The number of urea groups is 1. The van der Waals surface area contributed by atoms with E-state index in [0.717, 1.165) is 30.8 Å². The Morgan fingerprint density at radius 3 is 2.96 bits per heavy atom. The summed E-state index contributed by atoms with van der Waals surface area (Å²) in [6.07, 6.45) is 4.18. The molecular formula is C17H21N5O2. The Morgan fingerprint density at radius 1 is 1.33 bits per heavy atom. The van der Waals surface area contributed by atoms with E-state index in [0.29, 0.717) is 12.1 Å². The minimum atomic E-state index is -0.306. The molecule has 1 unspecified atom stereocenters. The summed E-state index contributed by atoms with van der Waals surface area (Å²) in [7, 11) is 0. The molecule has 126 valence electrons. The summed E-state index contributed by atoms with van der Waals surface area (Å²) >= 11 is 0. The maximum absolute atomic E-state index is 12.1. The maximum Gasteiger partial charge on any atom is 0.319 e. The monoisotopic (exact) mass is 327 g/mol. The van der Waals surface area contributed by atoms with Gasteiger partial charge in [0.05, 0.1) is 11.7 Å².